The van der Waals surface area contributed by atoms with Crippen molar-refractivity contribution in [3.8, 4) is 0 Å². The van der Waals surface area contributed by atoms with E-state index in [0.29, 0.717) is 0 Å². The van der Waals surface area contributed by atoms with E-state index in [0.717, 1.165) is 67.3 Å². The first-order valence-electron chi connectivity index (χ1n) is 8.58. The molecule has 0 unspecified atom stereocenters. The van der Waals surface area contributed by atoms with Gasteiger partial charge in [-0.25, -0.2) is 14.4 Å². The SMILES string of the molecule is Cc1[nH]nc2ncnc(N3CCCN(Cc4ccc(F)cc4)CC3)c12. The van der Waals surface area contributed by atoms with E-state index < -0.39 is 0 Å². The van der Waals surface area contributed by atoms with Crippen molar-refractivity contribution in [2.45, 2.75) is 19.9 Å². The van der Waals surface area contributed by atoms with E-state index in [1.54, 1.807) is 6.33 Å². The fourth-order valence-corrected chi connectivity index (χ4v) is 3.41. The minimum Gasteiger partial charge on any atom is -0.355 e. The van der Waals surface area contributed by atoms with Crippen LogP contribution in [-0.4, -0.2) is 51.2 Å². The lowest BCUT2D eigenvalue weighted by molar-refractivity contribution is 0.285. The van der Waals surface area contributed by atoms with Gasteiger partial charge < -0.3 is 4.90 Å². The Balaban J connectivity index is 1.49. The van der Waals surface area contributed by atoms with E-state index in [1.165, 1.54) is 12.1 Å². The van der Waals surface area contributed by atoms with Gasteiger partial charge in [-0.1, -0.05) is 12.1 Å². The lowest BCUT2D eigenvalue weighted by atomic mass is 10.2. The molecule has 6 nitrogen and oxygen atoms in total. The first-order valence-corrected chi connectivity index (χ1v) is 8.58. The third-order valence-corrected chi connectivity index (χ3v) is 4.72. The summed E-state index contributed by atoms with van der Waals surface area (Å²) in [5.74, 6) is 0.772. The molecular weight excluding hydrogens is 319 g/mol. The molecule has 1 fully saturated rings. The molecule has 0 aliphatic carbocycles. The minimum atomic E-state index is -0.186. The second kappa shape index (κ2) is 6.76. The zero-order chi connectivity index (χ0) is 17.2. The molecule has 25 heavy (non-hydrogen) atoms. The highest BCUT2D eigenvalue weighted by atomic mass is 19.1. The fraction of sp³-hybridized carbons (Fsp3) is 0.389. The first kappa shape index (κ1) is 16.0. The Hall–Kier alpha value is -2.54. The molecule has 0 bridgehead atoms. The van der Waals surface area contributed by atoms with Crippen molar-refractivity contribution in [3.05, 3.63) is 47.7 Å². The molecule has 7 heteroatoms. The van der Waals surface area contributed by atoms with E-state index >= 15 is 0 Å². The molecule has 1 aromatic carbocycles. The van der Waals surface area contributed by atoms with E-state index in [1.807, 2.05) is 19.1 Å². The number of nitrogens with one attached hydrogen (secondary N) is 1. The molecule has 1 aliphatic heterocycles. The van der Waals surface area contributed by atoms with Crippen LogP contribution in [0.4, 0.5) is 10.2 Å². The summed E-state index contributed by atoms with van der Waals surface area (Å²) in [6, 6.07) is 6.78. The number of hydrogen-bond donors (Lipinski definition) is 1. The Kier molecular flexibility index (Phi) is 4.31. The van der Waals surface area contributed by atoms with Gasteiger partial charge in [-0.15, -0.1) is 0 Å². The van der Waals surface area contributed by atoms with Gasteiger partial charge in [0.2, 0.25) is 0 Å². The maximum absolute atomic E-state index is 13.1. The summed E-state index contributed by atoms with van der Waals surface area (Å²) in [6.45, 7) is 6.67. The average Bonchev–Trinajstić information content (AvgIpc) is 2.86. The molecule has 1 saturated heterocycles. The molecule has 130 valence electrons. The van der Waals surface area contributed by atoms with Crippen LogP contribution in [0, 0.1) is 12.7 Å². The number of rotatable bonds is 3. The highest BCUT2D eigenvalue weighted by Gasteiger charge is 2.20. The summed E-state index contributed by atoms with van der Waals surface area (Å²) in [5.41, 5.74) is 2.86. The van der Waals surface area contributed by atoms with Gasteiger partial charge in [-0.3, -0.25) is 10.00 Å². The van der Waals surface area contributed by atoms with Crippen LogP contribution in [0.1, 0.15) is 17.7 Å². The molecule has 1 aliphatic rings. The predicted octanol–water partition coefficient (Wildman–Crippen LogP) is 2.51. The van der Waals surface area contributed by atoms with Crippen LogP contribution < -0.4 is 4.90 Å². The molecule has 0 saturated carbocycles. The second-order valence-corrected chi connectivity index (χ2v) is 6.49. The van der Waals surface area contributed by atoms with Gasteiger partial charge in [0.15, 0.2) is 5.65 Å². The van der Waals surface area contributed by atoms with Gasteiger partial charge in [-0.05, 0) is 31.0 Å². The molecule has 0 atom stereocenters. The summed E-state index contributed by atoms with van der Waals surface area (Å²) in [7, 11) is 0. The zero-order valence-electron chi connectivity index (χ0n) is 14.2. The largest absolute Gasteiger partial charge is 0.355 e. The van der Waals surface area contributed by atoms with Crippen molar-refractivity contribution >= 4 is 16.9 Å². The van der Waals surface area contributed by atoms with Crippen LogP contribution in [0.3, 0.4) is 0 Å². The maximum Gasteiger partial charge on any atom is 0.186 e. The third-order valence-electron chi connectivity index (χ3n) is 4.72. The molecule has 2 aromatic heterocycles. The molecule has 3 aromatic rings. The van der Waals surface area contributed by atoms with Crippen molar-refractivity contribution in [1.82, 2.24) is 25.1 Å². The Bertz CT molecular complexity index is 860. The number of benzene rings is 1. The van der Waals surface area contributed by atoms with E-state index in [4.69, 9.17) is 0 Å². The molecule has 4 rings (SSSR count). The Morgan fingerprint density at radius 3 is 2.76 bits per heavy atom. The number of H-pyrrole nitrogens is 1. The van der Waals surface area contributed by atoms with Gasteiger partial charge in [0.1, 0.15) is 18.0 Å². The molecule has 3 heterocycles. The maximum atomic E-state index is 13.1. The number of anilines is 1. The van der Waals surface area contributed by atoms with Crippen LogP contribution in [0.5, 0.6) is 0 Å². The van der Waals surface area contributed by atoms with Gasteiger partial charge in [-0.2, -0.15) is 5.10 Å². The Morgan fingerprint density at radius 1 is 1.08 bits per heavy atom. The van der Waals surface area contributed by atoms with E-state index in [2.05, 4.69) is 30.0 Å². The predicted molar refractivity (Wildman–Crippen MR) is 94.9 cm³/mol. The molecule has 0 spiro atoms. The van der Waals surface area contributed by atoms with Gasteiger partial charge in [0.05, 0.1) is 5.39 Å². The Labute approximate surface area is 145 Å². The summed E-state index contributed by atoms with van der Waals surface area (Å²) in [5, 5.41) is 8.24. The highest BCUT2D eigenvalue weighted by Crippen LogP contribution is 2.25. The smallest absolute Gasteiger partial charge is 0.186 e. The number of halogens is 1. The number of fused-ring (bicyclic) bond motifs is 1. The highest BCUT2D eigenvalue weighted by molar-refractivity contribution is 5.89. The first-order chi connectivity index (χ1) is 12.2. The number of nitrogens with zero attached hydrogens (tertiary/aromatic N) is 5. The zero-order valence-corrected chi connectivity index (χ0v) is 14.2. The average molecular weight is 340 g/mol. The van der Waals surface area contributed by atoms with Crippen LogP contribution >= 0.6 is 0 Å². The van der Waals surface area contributed by atoms with Gasteiger partial charge >= 0.3 is 0 Å². The minimum absolute atomic E-state index is 0.186. The quantitative estimate of drug-likeness (QED) is 0.794. The van der Waals surface area contributed by atoms with Crippen LogP contribution in [0.15, 0.2) is 30.6 Å². The number of aryl methyl sites for hydroxylation is 1. The van der Waals surface area contributed by atoms with Gasteiger partial charge in [0.25, 0.3) is 0 Å². The number of aromatic nitrogens is 4. The number of aromatic amines is 1. The molecule has 1 N–H and O–H groups in total. The summed E-state index contributed by atoms with van der Waals surface area (Å²) in [6.07, 6.45) is 2.64. The summed E-state index contributed by atoms with van der Waals surface area (Å²) < 4.78 is 13.1. The number of hydrogen-bond acceptors (Lipinski definition) is 5. The van der Waals surface area contributed by atoms with Crippen molar-refractivity contribution in [2.24, 2.45) is 0 Å². The third kappa shape index (κ3) is 3.32. The standard InChI is InChI=1S/C18H21FN6/c1-13-16-17(23-22-13)20-12-21-18(16)25-8-2-7-24(9-10-25)11-14-3-5-15(19)6-4-14/h3-6,12H,2,7-11H2,1H3,(H,20,21,22,23). The van der Waals surface area contributed by atoms with Gasteiger partial charge in [0, 0.05) is 38.4 Å². The van der Waals surface area contributed by atoms with E-state index in [9.17, 15) is 4.39 Å². The molecule has 0 radical (unpaired) electrons. The van der Waals surface area contributed by atoms with E-state index in [-0.39, 0.29) is 5.82 Å². The summed E-state index contributed by atoms with van der Waals surface area (Å²) in [4.78, 5) is 13.5. The lowest BCUT2D eigenvalue weighted by Crippen LogP contribution is -2.31. The summed E-state index contributed by atoms with van der Waals surface area (Å²) >= 11 is 0. The second-order valence-electron chi connectivity index (χ2n) is 6.49. The molecule has 0 amide bonds. The van der Waals surface area contributed by atoms with Crippen LogP contribution in [-0.2, 0) is 6.54 Å². The van der Waals surface area contributed by atoms with Crippen molar-refractivity contribution in [2.75, 3.05) is 31.1 Å². The lowest BCUT2D eigenvalue weighted by Gasteiger charge is -2.23. The van der Waals surface area contributed by atoms with Crippen LogP contribution in [0.25, 0.3) is 11.0 Å². The normalized spacial score (nSPS) is 16.3. The van der Waals surface area contributed by atoms with Crippen molar-refractivity contribution < 1.29 is 4.39 Å². The Morgan fingerprint density at radius 2 is 1.92 bits per heavy atom. The fourth-order valence-electron chi connectivity index (χ4n) is 3.41. The van der Waals surface area contributed by atoms with Crippen molar-refractivity contribution in [3.63, 3.8) is 0 Å². The van der Waals surface area contributed by atoms with Crippen molar-refractivity contribution in [1.29, 1.82) is 0 Å². The van der Waals surface area contributed by atoms with Crippen LogP contribution in [0.2, 0.25) is 0 Å². The molecular formula is C18H21FN6. The topological polar surface area (TPSA) is 60.9 Å². The monoisotopic (exact) mass is 340 g/mol.